The minimum Gasteiger partial charge on any atom is -0.460 e. The highest BCUT2D eigenvalue weighted by atomic mass is 19.4. The molecule has 0 aromatic heterocycles. The van der Waals surface area contributed by atoms with Gasteiger partial charge in [-0.25, -0.2) is 0 Å². The van der Waals surface area contributed by atoms with E-state index in [4.69, 9.17) is 0 Å². The van der Waals surface area contributed by atoms with Gasteiger partial charge in [0.05, 0.1) is 0 Å². The number of cyclic esters (lactones) is 1. The van der Waals surface area contributed by atoms with Crippen molar-refractivity contribution in [3.63, 3.8) is 0 Å². The minimum absolute atomic E-state index is 0.145. The summed E-state index contributed by atoms with van der Waals surface area (Å²) in [6.45, 7) is -1.03. The van der Waals surface area contributed by atoms with Gasteiger partial charge in [0.1, 0.15) is 12.6 Å². The number of carbonyl (C=O) groups excluding carboxylic acids is 3. The van der Waals surface area contributed by atoms with E-state index in [0.29, 0.717) is 0 Å². The predicted octanol–water partition coefficient (Wildman–Crippen LogP) is 0.454. The third-order valence-corrected chi connectivity index (χ3v) is 2.46. The first-order valence-electron chi connectivity index (χ1n) is 5.15. The van der Waals surface area contributed by atoms with Crippen LogP contribution in [0.4, 0.5) is 26.3 Å². The highest BCUT2D eigenvalue weighted by molar-refractivity contribution is 5.88. The van der Waals surface area contributed by atoms with Gasteiger partial charge in [-0.2, -0.15) is 26.3 Å². The fraction of sp³-hybridized carbons (Fsp3) is 0.667. The zero-order valence-electron chi connectivity index (χ0n) is 9.88. The van der Waals surface area contributed by atoms with Crippen molar-refractivity contribution in [1.29, 1.82) is 0 Å². The molecule has 0 bridgehead atoms. The standard InChI is InChI=1S/C9H7F6NO5/c10-8(11,12)7(9(13,14)15)16-5(6(19)21-7)1-4(18)2-20-3-17/h3,5,16H,1-2H2/t5-/m0/s1. The van der Waals surface area contributed by atoms with Gasteiger partial charge in [-0.15, -0.1) is 0 Å². The maximum absolute atomic E-state index is 12.6. The van der Waals surface area contributed by atoms with Gasteiger partial charge in [-0.3, -0.25) is 19.7 Å². The molecule has 1 atom stereocenters. The van der Waals surface area contributed by atoms with E-state index in [1.165, 1.54) is 0 Å². The van der Waals surface area contributed by atoms with E-state index < -0.39 is 48.9 Å². The van der Waals surface area contributed by atoms with Gasteiger partial charge in [-0.05, 0) is 0 Å². The van der Waals surface area contributed by atoms with E-state index >= 15 is 0 Å². The normalized spacial score (nSPS) is 21.8. The van der Waals surface area contributed by atoms with Gasteiger partial charge in [0.2, 0.25) is 0 Å². The molecule has 1 rings (SSSR count). The predicted molar refractivity (Wildman–Crippen MR) is 49.5 cm³/mol. The molecule has 1 aliphatic heterocycles. The van der Waals surface area contributed by atoms with Crippen LogP contribution in [-0.4, -0.2) is 49.0 Å². The van der Waals surface area contributed by atoms with Gasteiger partial charge in [-0.1, -0.05) is 0 Å². The summed E-state index contributed by atoms with van der Waals surface area (Å²) < 4.78 is 82.9. The quantitative estimate of drug-likeness (QED) is 0.450. The number of hydrogen-bond donors (Lipinski definition) is 1. The Bertz CT molecular complexity index is 431. The number of rotatable bonds is 5. The first-order chi connectivity index (χ1) is 9.44. The number of ketones is 1. The number of nitrogens with one attached hydrogen (secondary N) is 1. The van der Waals surface area contributed by atoms with Crippen LogP contribution >= 0.6 is 0 Å². The van der Waals surface area contributed by atoms with Crippen molar-refractivity contribution in [2.75, 3.05) is 6.61 Å². The third kappa shape index (κ3) is 3.25. The third-order valence-electron chi connectivity index (χ3n) is 2.46. The van der Waals surface area contributed by atoms with Crippen molar-refractivity contribution in [1.82, 2.24) is 5.32 Å². The molecule has 0 aromatic carbocycles. The Balaban J connectivity index is 2.93. The van der Waals surface area contributed by atoms with E-state index in [1.54, 1.807) is 0 Å². The number of esters is 1. The van der Waals surface area contributed by atoms with Crippen LogP contribution in [0, 0.1) is 0 Å². The van der Waals surface area contributed by atoms with E-state index in [0.717, 1.165) is 5.32 Å². The molecule has 6 nitrogen and oxygen atoms in total. The Labute approximate surface area is 112 Å². The van der Waals surface area contributed by atoms with Gasteiger partial charge in [0.25, 0.3) is 6.47 Å². The number of carbonyl (C=O) groups is 3. The average Bonchev–Trinajstić information content (AvgIpc) is 2.64. The van der Waals surface area contributed by atoms with Crippen LogP contribution in [0.15, 0.2) is 0 Å². The Morgan fingerprint density at radius 1 is 1.29 bits per heavy atom. The zero-order chi connectivity index (χ0) is 16.5. The molecular formula is C9H7F6NO5. The van der Waals surface area contributed by atoms with Crippen LogP contribution in [0.3, 0.4) is 0 Å². The largest absolute Gasteiger partial charge is 0.460 e. The molecule has 0 aliphatic carbocycles. The molecule has 12 heteroatoms. The van der Waals surface area contributed by atoms with Crippen LogP contribution in [0.2, 0.25) is 0 Å². The van der Waals surface area contributed by atoms with Gasteiger partial charge < -0.3 is 9.47 Å². The van der Waals surface area contributed by atoms with Crippen LogP contribution < -0.4 is 5.32 Å². The van der Waals surface area contributed by atoms with E-state index in [1.807, 2.05) is 0 Å². The molecule has 1 aliphatic rings. The van der Waals surface area contributed by atoms with Crippen molar-refractivity contribution in [3.8, 4) is 0 Å². The summed E-state index contributed by atoms with van der Waals surface area (Å²) in [5.41, 5.74) is -4.87. The highest BCUT2D eigenvalue weighted by Gasteiger charge is 2.78. The molecule has 1 fully saturated rings. The van der Waals surface area contributed by atoms with Crippen LogP contribution in [0.25, 0.3) is 0 Å². The van der Waals surface area contributed by atoms with E-state index in [2.05, 4.69) is 9.47 Å². The number of hydrogen-bond acceptors (Lipinski definition) is 6. The molecule has 1 N–H and O–H groups in total. The van der Waals surface area contributed by atoms with Gasteiger partial charge >= 0.3 is 24.0 Å². The molecule has 21 heavy (non-hydrogen) atoms. The maximum atomic E-state index is 12.6. The van der Waals surface area contributed by atoms with Crippen molar-refractivity contribution < 1.29 is 50.2 Å². The summed E-state index contributed by atoms with van der Waals surface area (Å²) in [5, 5.41) is 0.955. The van der Waals surface area contributed by atoms with Crippen molar-refractivity contribution in [3.05, 3.63) is 0 Å². The van der Waals surface area contributed by atoms with Gasteiger partial charge in [0.15, 0.2) is 5.78 Å². The fourth-order valence-corrected chi connectivity index (χ4v) is 1.54. The topological polar surface area (TPSA) is 81.7 Å². The number of halogens is 6. The number of Topliss-reactive ketones (excluding diaryl/α,β-unsaturated/α-hetero) is 1. The van der Waals surface area contributed by atoms with Crippen LogP contribution in [-0.2, 0) is 23.9 Å². The second kappa shape index (κ2) is 5.50. The molecule has 1 heterocycles. The lowest BCUT2D eigenvalue weighted by Crippen LogP contribution is -2.65. The molecule has 0 amide bonds. The molecule has 1 saturated heterocycles. The SMILES string of the molecule is O=COCC(=O)C[C@@H]1NC(C(F)(F)F)(C(F)(F)F)OC1=O. The highest BCUT2D eigenvalue weighted by Crippen LogP contribution is 2.46. The Morgan fingerprint density at radius 2 is 1.81 bits per heavy atom. The second-order valence-electron chi connectivity index (χ2n) is 3.94. The molecule has 0 saturated carbocycles. The van der Waals surface area contributed by atoms with Crippen LogP contribution in [0.1, 0.15) is 6.42 Å². The van der Waals surface area contributed by atoms with Gasteiger partial charge in [0, 0.05) is 6.42 Å². The maximum Gasteiger partial charge on any atom is 0.452 e. The lowest BCUT2D eigenvalue weighted by molar-refractivity contribution is -0.369. The lowest BCUT2D eigenvalue weighted by atomic mass is 10.1. The van der Waals surface area contributed by atoms with Crippen molar-refractivity contribution in [2.24, 2.45) is 0 Å². The molecule has 0 unspecified atom stereocenters. The first-order valence-corrected chi connectivity index (χ1v) is 5.15. The summed E-state index contributed by atoms with van der Waals surface area (Å²) in [6, 6.07) is -2.16. The van der Waals surface area contributed by atoms with E-state index in [9.17, 15) is 40.7 Å². The smallest absolute Gasteiger partial charge is 0.452 e. The summed E-state index contributed by atoms with van der Waals surface area (Å²) in [4.78, 5) is 32.1. The van der Waals surface area contributed by atoms with Crippen molar-refractivity contribution in [2.45, 2.75) is 30.5 Å². The lowest BCUT2D eigenvalue weighted by Gasteiger charge is -2.31. The molecule has 0 radical (unpaired) electrons. The van der Waals surface area contributed by atoms with Crippen molar-refractivity contribution >= 4 is 18.2 Å². The molecule has 0 aromatic rings. The second-order valence-corrected chi connectivity index (χ2v) is 3.94. The summed E-state index contributed by atoms with van der Waals surface area (Å²) in [6.07, 6.45) is -13.0. The Kier molecular flexibility index (Phi) is 4.51. The molecule has 120 valence electrons. The number of alkyl halides is 6. The Morgan fingerprint density at radius 3 is 2.19 bits per heavy atom. The Hall–Kier alpha value is -1.85. The summed E-state index contributed by atoms with van der Waals surface area (Å²) in [5.74, 6) is -2.94. The summed E-state index contributed by atoms with van der Waals surface area (Å²) >= 11 is 0. The molecule has 0 spiro atoms. The summed E-state index contributed by atoms with van der Waals surface area (Å²) in [7, 11) is 0. The first kappa shape index (κ1) is 17.2. The minimum atomic E-state index is -5.97. The van der Waals surface area contributed by atoms with Crippen LogP contribution in [0.5, 0.6) is 0 Å². The monoisotopic (exact) mass is 323 g/mol. The average molecular weight is 323 g/mol. The number of ether oxygens (including phenoxy) is 2. The zero-order valence-corrected chi connectivity index (χ0v) is 9.88. The fourth-order valence-electron chi connectivity index (χ4n) is 1.54. The van der Waals surface area contributed by atoms with E-state index in [-0.39, 0.29) is 6.47 Å². The molecular weight excluding hydrogens is 316 g/mol.